The molecule has 0 aromatic heterocycles. The molecule has 1 aliphatic heterocycles. The Labute approximate surface area is 143 Å². The van der Waals surface area contributed by atoms with Crippen molar-refractivity contribution >= 4 is 34.5 Å². The van der Waals surface area contributed by atoms with Gasteiger partial charge in [-0.05, 0) is 73.9 Å². The summed E-state index contributed by atoms with van der Waals surface area (Å²) in [6.45, 7) is 3.74. The first-order chi connectivity index (χ1) is 10.4. The van der Waals surface area contributed by atoms with Gasteiger partial charge in [0.15, 0.2) is 6.61 Å². The summed E-state index contributed by atoms with van der Waals surface area (Å²) < 4.78 is 5.89. The third-order valence-corrected chi connectivity index (χ3v) is 4.66. The highest BCUT2D eigenvalue weighted by Gasteiger charge is 2.29. The van der Waals surface area contributed by atoms with Crippen molar-refractivity contribution < 1.29 is 19.4 Å². The standard InChI is InChI=1S/C16H20INO4/c1-10-4-3-5-11(2)18(10)15(20)9-22-16(21)13-8-12(17)6-7-14(13)19/h6-8,10-11,19H,3-5,9H2,1-2H3. The van der Waals surface area contributed by atoms with Crippen molar-refractivity contribution in [3.8, 4) is 5.75 Å². The minimum absolute atomic E-state index is 0.0828. The number of hydrogen-bond donors (Lipinski definition) is 1. The Morgan fingerprint density at radius 3 is 2.59 bits per heavy atom. The number of piperidine rings is 1. The maximum atomic E-state index is 12.3. The highest BCUT2D eigenvalue weighted by atomic mass is 127. The Morgan fingerprint density at radius 2 is 1.95 bits per heavy atom. The van der Waals surface area contributed by atoms with E-state index in [9.17, 15) is 14.7 Å². The predicted molar refractivity (Wildman–Crippen MR) is 90.7 cm³/mol. The van der Waals surface area contributed by atoms with Gasteiger partial charge in [0.25, 0.3) is 5.91 Å². The molecule has 0 spiro atoms. The summed E-state index contributed by atoms with van der Waals surface area (Å²) >= 11 is 2.04. The van der Waals surface area contributed by atoms with Crippen LogP contribution in [0.3, 0.4) is 0 Å². The van der Waals surface area contributed by atoms with E-state index in [1.807, 2.05) is 36.4 Å². The fourth-order valence-electron chi connectivity index (χ4n) is 2.86. The largest absolute Gasteiger partial charge is 0.507 e. The maximum Gasteiger partial charge on any atom is 0.342 e. The number of carbonyl (C=O) groups excluding carboxylic acids is 2. The van der Waals surface area contributed by atoms with E-state index in [1.54, 1.807) is 11.0 Å². The van der Waals surface area contributed by atoms with Gasteiger partial charge in [-0.3, -0.25) is 4.79 Å². The number of aromatic hydroxyl groups is 1. The predicted octanol–water partition coefficient (Wildman–Crippen LogP) is 2.94. The lowest BCUT2D eigenvalue weighted by molar-refractivity contribution is -0.140. The molecule has 1 aromatic carbocycles. The van der Waals surface area contributed by atoms with Crippen molar-refractivity contribution in [1.29, 1.82) is 0 Å². The summed E-state index contributed by atoms with van der Waals surface area (Å²) in [5.74, 6) is -1.00. The number of carbonyl (C=O) groups is 2. The van der Waals surface area contributed by atoms with Gasteiger partial charge in [-0.2, -0.15) is 0 Å². The van der Waals surface area contributed by atoms with E-state index in [-0.39, 0.29) is 35.9 Å². The molecule has 120 valence electrons. The van der Waals surface area contributed by atoms with Crippen molar-refractivity contribution in [3.05, 3.63) is 27.3 Å². The number of ether oxygens (including phenoxy) is 1. The van der Waals surface area contributed by atoms with Crippen LogP contribution in [0.4, 0.5) is 0 Å². The summed E-state index contributed by atoms with van der Waals surface area (Å²) in [6, 6.07) is 5.00. The molecular weight excluding hydrogens is 397 g/mol. The van der Waals surface area contributed by atoms with E-state index in [1.165, 1.54) is 12.1 Å². The topological polar surface area (TPSA) is 66.8 Å². The molecule has 0 aliphatic carbocycles. The minimum atomic E-state index is -0.679. The van der Waals surface area contributed by atoms with Gasteiger partial charge in [0, 0.05) is 15.7 Å². The number of halogens is 1. The molecule has 1 amide bonds. The lowest BCUT2D eigenvalue weighted by Gasteiger charge is -2.38. The van der Waals surface area contributed by atoms with Crippen LogP contribution in [0.15, 0.2) is 18.2 Å². The van der Waals surface area contributed by atoms with Gasteiger partial charge in [0.05, 0.1) is 0 Å². The van der Waals surface area contributed by atoms with Crippen LogP contribution in [0.1, 0.15) is 43.5 Å². The first-order valence-corrected chi connectivity index (χ1v) is 8.45. The summed E-state index contributed by atoms with van der Waals surface area (Å²) in [5, 5.41) is 9.70. The molecule has 1 fully saturated rings. The highest BCUT2D eigenvalue weighted by molar-refractivity contribution is 14.1. The molecule has 1 saturated heterocycles. The SMILES string of the molecule is CC1CCCC(C)N1C(=O)COC(=O)c1cc(I)ccc1O. The van der Waals surface area contributed by atoms with E-state index in [2.05, 4.69) is 0 Å². The van der Waals surface area contributed by atoms with Gasteiger partial charge in [-0.25, -0.2) is 4.79 Å². The average Bonchev–Trinajstić information content (AvgIpc) is 2.47. The Hall–Kier alpha value is -1.31. The molecule has 0 bridgehead atoms. The molecule has 5 nitrogen and oxygen atoms in total. The summed E-state index contributed by atoms with van der Waals surface area (Å²) in [7, 11) is 0. The molecule has 1 N–H and O–H groups in total. The molecular formula is C16H20INO4. The van der Waals surface area contributed by atoms with Crippen molar-refractivity contribution in [1.82, 2.24) is 4.90 Å². The molecule has 22 heavy (non-hydrogen) atoms. The van der Waals surface area contributed by atoms with Gasteiger partial charge < -0.3 is 14.7 Å². The number of phenolic OH excluding ortho intramolecular Hbond substituents is 1. The Kier molecular flexibility index (Phi) is 5.66. The third kappa shape index (κ3) is 3.91. The van der Waals surface area contributed by atoms with E-state index < -0.39 is 5.97 Å². The number of phenols is 1. The molecule has 2 atom stereocenters. The van der Waals surface area contributed by atoms with Crippen LogP contribution in [0.2, 0.25) is 0 Å². The van der Waals surface area contributed by atoms with Crippen LogP contribution in [0, 0.1) is 3.57 Å². The number of amides is 1. The van der Waals surface area contributed by atoms with Crippen molar-refractivity contribution in [2.75, 3.05) is 6.61 Å². The second kappa shape index (κ2) is 7.30. The van der Waals surface area contributed by atoms with Crippen LogP contribution in [0.5, 0.6) is 5.75 Å². The smallest absolute Gasteiger partial charge is 0.342 e. The summed E-state index contributed by atoms with van der Waals surface area (Å²) in [6.07, 6.45) is 3.06. The zero-order chi connectivity index (χ0) is 16.3. The normalized spacial score (nSPS) is 21.5. The second-order valence-corrected chi connectivity index (χ2v) is 6.91. The maximum absolute atomic E-state index is 12.3. The van der Waals surface area contributed by atoms with Crippen molar-refractivity contribution in [2.45, 2.75) is 45.2 Å². The van der Waals surface area contributed by atoms with Gasteiger partial charge in [-0.15, -0.1) is 0 Å². The van der Waals surface area contributed by atoms with Crippen LogP contribution >= 0.6 is 22.6 Å². The number of likely N-dealkylation sites (tertiary alicyclic amines) is 1. The Bertz CT molecular complexity index is 565. The molecule has 2 rings (SSSR count). The first kappa shape index (κ1) is 17.1. The van der Waals surface area contributed by atoms with Gasteiger partial charge >= 0.3 is 5.97 Å². The molecule has 1 aliphatic rings. The zero-order valence-corrected chi connectivity index (χ0v) is 14.9. The molecule has 0 saturated carbocycles. The van der Waals surface area contributed by atoms with E-state index in [0.717, 1.165) is 22.8 Å². The van der Waals surface area contributed by atoms with Crippen LogP contribution in [-0.4, -0.2) is 40.6 Å². The molecule has 1 heterocycles. The van der Waals surface area contributed by atoms with Crippen LogP contribution < -0.4 is 0 Å². The summed E-state index contributed by atoms with van der Waals surface area (Å²) in [5.41, 5.74) is 0.0828. The average molecular weight is 417 g/mol. The van der Waals surface area contributed by atoms with Crippen LogP contribution in [-0.2, 0) is 9.53 Å². The zero-order valence-electron chi connectivity index (χ0n) is 12.7. The van der Waals surface area contributed by atoms with Crippen molar-refractivity contribution in [3.63, 3.8) is 0 Å². The number of esters is 1. The lowest BCUT2D eigenvalue weighted by atomic mass is 9.97. The van der Waals surface area contributed by atoms with E-state index >= 15 is 0 Å². The monoisotopic (exact) mass is 417 g/mol. The van der Waals surface area contributed by atoms with E-state index in [0.29, 0.717) is 0 Å². The third-order valence-electron chi connectivity index (χ3n) is 3.99. The minimum Gasteiger partial charge on any atom is -0.507 e. The number of benzene rings is 1. The quantitative estimate of drug-likeness (QED) is 0.607. The van der Waals surface area contributed by atoms with Gasteiger partial charge in [0.1, 0.15) is 11.3 Å². The fraction of sp³-hybridized carbons (Fsp3) is 0.500. The van der Waals surface area contributed by atoms with Crippen LogP contribution in [0.25, 0.3) is 0 Å². The Morgan fingerprint density at radius 1 is 1.32 bits per heavy atom. The van der Waals surface area contributed by atoms with Crippen molar-refractivity contribution in [2.24, 2.45) is 0 Å². The first-order valence-electron chi connectivity index (χ1n) is 7.37. The number of hydrogen-bond acceptors (Lipinski definition) is 4. The second-order valence-electron chi connectivity index (χ2n) is 5.67. The Balaban J connectivity index is 1.98. The highest BCUT2D eigenvalue weighted by Crippen LogP contribution is 2.23. The molecule has 1 aromatic rings. The fourth-order valence-corrected chi connectivity index (χ4v) is 3.36. The van der Waals surface area contributed by atoms with Gasteiger partial charge in [0.2, 0.25) is 0 Å². The molecule has 6 heteroatoms. The molecule has 0 radical (unpaired) electrons. The molecule has 2 unspecified atom stereocenters. The number of nitrogens with zero attached hydrogens (tertiary/aromatic N) is 1. The number of rotatable bonds is 3. The lowest BCUT2D eigenvalue weighted by Crippen LogP contribution is -2.49. The summed E-state index contributed by atoms with van der Waals surface area (Å²) in [4.78, 5) is 26.1. The van der Waals surface area contributed by atoms with E-state index in [4.69, 9.17) is 4.74 Å². The van der Waals surface area contributed by atoms with Gasteiger partial charge in [-0.1, -0.05) is 0 Å².